The molecule has 0 unspecified atom stereocenters. The Morgan fingerprint density at radius 1 is 1.27 bits per heavy atom. The zero-order chi connectivity index (χ0) is 11.3. The minimum Gasteiger partial charge on any atom is -0.292 e. The van der Waals surface area contributed by atoms with Gasteiger partial charge >= 0.3 is 0 Å². The Morgan fingerprint density at radius 3 is 2.60 bits per heavy atom. The van der Waals surface area contributed by atoms with E-state index < -0.39 is 0 Å². The van der Waals surface area contributed by atoms with Gasteiger partial charge < -0.3 is 0 Å². The van der Waals surface area contributed by atoms with Crippen LogP contribution in [-0.2, 0) is 6.42 Å². The Bertz CT molecular complexity index is 310. The predicted molar refractivity (Wildman–Crippen MR) is 64.4 cm³/mol. The van der Waals surface area contributed by atoms with Crippen LogP contribution in [0.2, 0.25) is 0 Å². The van der Waals surface area contributed by atoms with E-state index in [1.165, 1.54) is 16.7 Å². The van der Waals surface area contributed by atoms with Gasteiger partial charge in [0.15, 0.2) is 0 Å². The maximum atomic E-state index is 5.25. The average molecular weight is 207 g/mol. The third-order valence-corrected chi connectivity index (χ3v) is 2.71. The van der Waals surface area contributed by atoms with Crippen molar-refractivity contribution >= 4 is 0 Å². The molecule has 0 aromatic heterocycles. The normalized spacial score (nSPS) is 11.0. The molecule has 0 aliphatic carbocycles. The number of likely N-dealkylation sites (N-methyl/N-ethyl adjacent to an activating group) is 1. The Morgan fingerprint density at radius 2 is 2.00 bits per heavy atom. The van der Waals surface area contributed by atoms with Crippen molar-refractivity contribution in [3.05, 3.63) is 34.9 Å². The van der Waals surface area contributed by atoms with Crippen molar-refractivity contribution in [1.82, 2.24) is 10.3 Å². The number of rotatable bonds is 5. The summed E-state index contributed by atoms with van der Waals surface area (Å²) in [7, 11) is 2.06. The summed E-state index contributed by atoms with van der Waals surface area (Å²) >= 11 is 0. The maximum absolute atomic E-state index is 5.25. The quantitative estimate of drug-likeness (QED) is 0.433. The fourth-order valence-electron chi connectivity index (χ4n) is 1.51. The molecular formula is C12H21N3. The standard InChI is InChI=1S/C12H21N3/c1-10-4-5-12(8-11(10)2)6-7-15(3)9-14-13/h4-5,8,14H,6-7,9,13H2,1-3H3. The third-order valence-electron chi connectivity index (χ3n) is 2.71. The van der Waals surface area contributed by atoms with Crippen molar-refractivity contribution in [3.63, 3.8) is 0 Å². The molecule has 0 saturated carbocycles. The van der Waals surface area contributed by atoms with Crippen molar-refractivity contribution in [3.8, 4) is 0 Å². The number of nitrogens with one attached hydrogen (secondary N) is 1. The first-order chi connectivity index (χ1) is 7.13. The van der Waals surface area contributed by atoms with Crippen LogP contribution in [0.1, 0.15) is 16.7 Å². The first-order valence-electron chi connectivity index (χ1n) is 5.31. The average Bonchev–Trinajstić information content (AvgIpc) is 2.20. The van der Waals surface area contributed by atoms with Gasteiger partial charge in [0.05, 0.1) is 6.67 Å². The first kappa shape index (κ1) is 12.2. The number of hydrogen-bond acceptors (Lipinski definition) is 3. The molecular weight excluding hydrogens is 186 g/mol. The van der Waals surface area contributed by atoms with Gasteiger partial charge in [-0.25, -0.2) is 5.43 Å². The van der Waals surface area contributed by atoms with Crippen LogP contribution < -0.4 is 11.3 Å². The van der Waals surface area contributed by atoms with E-state index in [1.54, 1.807) is 0 Å². The minimum absolute atomic E-state index is 0.727. The molecule has 0 bridgehead atoms. The Labute approximate surface area is 92.2 Å². The number of hydrazine groups is 1. The van der Waals surface area contributed by atoms with Crippen LogP contribution in [0.3, 0.4) is 0 Å². The Hall–Kier alpha value is -0.900. The minimum atomic E-state index is 0.727. The largest absolute Gasteiger partial charge is 0.292 e. The molecule has 0 spiro atoms. The predicted octanol–water partition coefficient (Wildman–Crippen LogP) is 1.20. The van der Waals surface area contributed by atoms with Crippen LogP contribution in [0.5, 0.6) is 0 Å². The molecule has 15 heavy (non-hydrogen) atoms. The molecule has 0 fully saturated rings. The second-order valence-electron chi connectivity index (χ2n) is 4.11. The van der Waals surface area contributed by atoms with Gasteiger partial charge in [-0.2, -0.15) is 0 Å². The molecule has 3 nitrogen and oxygen atoms in total. The summed E-state index contributed by atoms with van der Waals surface area (Å²) in [5.41, 5.74) is 6.77. The lowest BCUT2D eigenvalue weighted by atomic mass is 10.0. The van der Waals surface area contributed by atoms with E-state index >= 15 is 0 Å². The molecule has 1 rings (SSSR count). The van der Waals surface area contributed by atoms with Gasteiger partial charge in [-0.1, -0.05) is 18.2 Å². The fourth-order valence-corrected chi connectivity index (χ4v) is 1.51. The van der Waals surface area contributed by atoms with Crippen molar-refractivity contribution < 1.29 is 0 Å². The van der Waals surface area contributed by atoms with Gasteiger partial charge in [0.1, 0.15) is 0 Å². The van der Waals surface area contributed by atoms with Crippen molar-refractivity contribution in [1.29, 1.82) is 0 Å². The summed E-state index contributed by atoms with van der Waals surface area (Å²) in [6.07, 6.45) is 1.07. The zero-order valence-electron chi connectivity index (χ0n) is 9.88. The monoisotopic (exact) mass is 207 g/mol. The van der Waals surface area contributed by atoms with Gasteiger partial charge in [0, 0.05) is 6.54 Å². The van der Waals surface area contributed by atoms with Crippen LogP contribution in [0, 0.1) is 13.8 Å². The van der Waals surface area contributed by atoms with Gasteiger partial charge in [-0.15, -0.1) is 0 Å². The van der Waals surface area contributed by atoms with Crippen molar-refractivity contribution in [2.24, 2.45) is 5.84 Å². The highest BCUT2D eigenvalue weighted by molar-refractivity contribution is 5.29. The van der Waals surface area contributed by atoms with E-state index in [0.29, 0.717) is 0 Å². The van der Waals surface area contributed by atoms with E-state index in [2.05, 4.69) is 49.4 Å². The summed E-state index contributed by atoms with van der Waals surface area (Å²) < 4.78 is 0. The number of nitrogens with zero attached hydrogens (tertiary/aromatic N) is 1. The Kier molecular flexibility index (Phi) is 4.75. The highest BCUT2D eigenvalue weighted by atomic mass is 15.3. The molecule has 0 aliphatic heterocycles. The second kappa shape index (κ2) is 5.85. The van der Waals surface area contributed by atoms with Gasteiger partial charge in [0.2, 0.25) is 0 Å². The molecule has 0 amide bonds. The molecule has 0 saturated heterocycles. The highest BCUT2D eigenvalue weighted by Gasteiger charge is 1.99. The van der Waals surface area contributed by atoms with Crippen LogP contribution >= 0.6 is 0 Å². The molecule has 0 radical (unpaired) electrons. The molecule has 0 heterocycles. The van der Waals surface area contributed by atoms with E-state index in [0.717, 1.165) is 19.6 Å². The van der Waals surface area contributed by atoms with Crippen molar-refractivity contribution in [2.45, 2.75) is 20.3 Å². The van der Waals surface area contributed by atoms with Gasteiger partial charge in [0.25, 0.3) is 0 Å². The topological polar surface area (TPSA) is 41.3 Å². The maximum Gasteiger partial charge on any atom is 0.0610 e. The second-order valence-corrected chi connectivity index (χ2v) is 4.11. The summed E-state index contributed by atoms with van der Waals surface area (Å²) in [6.45, 7) is 6.05. The fraction of sp³-hybridized carbons (Fsp3) is 0.500. The van der Waals surface area contributed by atoms with Crippen LogP contribution in [0.25, 0.3) is 0 Å². The number of benzene rings is 1. The van der Waals surface area contributed by atoms with E-state index in [4.69, 9.17) is 5.84 Å². The smallest absolute Gasteiger partial charge is 0.0610 e. The molecule has 1 aromatic rings. The number of hydrogen-bond donors (Lipinski definition) is 2. The first-order valence-corrected chi connectivity index (χ1v) is 5.31. The third kappa shape index (κ3) is 4.00. The summed E-state index contributed by atoms with van der Waals surface area (Å²) in [4.78, 5) is 2.16. The van der Waals surface area contributed by atoms with Crippen LogP contribution in [-0.4, -0.2) is 25.2 Å². The summed E-state index contributed by atoms with van der Waals surface area (Å²) in [5.74, 6) is 5.25. The molecule has 3 N–H and O–H groups in total. The number of aryl methyl sites for hydroxylation is 2. The number of nitrogens with two attached hydrogens (primary N) is 1. The Balaban J connectivity index is 2.47. The van der Waals surface area contributed by atoms with Crippen molar-refractivity contribution in [2.75, 3.05) is 20.3 Å². The SMILES string of the molecule is Cc1ccc(CCN(C)CNN)cc1C. The summed E-state index contributed by atoms with van der Waals surface area (Å²) in [6, 6.07) is 6.65. The van der Waals surface area contributed by atoms with E-state index in [9.17, 15) is 0 Å². The lowest BCUT2D eigenvalue weighted by Gasteiger charge is -2.15. The van der Waals surface area contributed by atoms with Crippen LogP contribution in [0.4, 0.5) is 0 Å². The van der Waals surface area contributed by atoms with Gasteiger partial charge in [-0.05, 0) is 44.0 Å². The van der Waals surface area contributed by atoms with Crippen LogP contribution in [0.15, 0.2) is 18.2 Å². The summed E-state index contributed by atoms with van der Waals surface area (Å²) in [5, 5.41) is 0. The molecule has 84 valence electrons. The molecule has 0 atom stereocenters. The molecule has 1 aromatic carbocycles. The van der Waals surface area contributed by atoms with E-state index in [1.807, 2.05) is 0 Å². The molecule has 3 heteroatoms. The van der Waals surface area contributed by atoms with Gasteiger partial charge in [-0.3, -0.25) is 10.7 Å². The zero-order valence-corrected chi connectivity index (χ0v) is 9.88. The highest BCUT2D eigenvalue weighted by Crippen LogP contribution is 2.10. The lowest BCUT2D eigenvalue weighted by molar-refractivity contribution is 0.313. The van der Waals surface area contributed by atoms with E-state index in [-0.39, 0.29) is 0 Å². The lowest BCUT2D eigenvalue weighted by Crippen LogP contribution is -2.36. The molecule has 0 aliphatic rings.